The minimum Gasteiger partial charge on any atom is -0.312 e. The Kier molecular flexibility index (Phi) is 6.32. The van der Waals surface area contributed by atoms with Gasteiger partial charge >= 0.3 is 0 Å². The summed E-state index contributed by atoms with van der Waals surface area (Å²) in [7, 11) is 0. The lowest BCUT2D eigenvalue weighted by Gasteiger charge is -2.43. The minimum atomic E-state index is 0.251. The van der Waals surface area contributed by atoms with E-state index in [2.05, 4.69) is 51.8 Å². The van der Waals surface area contributed by atoms with Gasteiger partial charge in [0.05, 0.1) is 0 Å². The van der Waals surface area contributed by atoms with Crippen molar-refractivity contribution in [3.8, 4) is 0 Å². The monoisotopic (exact) mass is 268 g/mol. The SMILES string of the molecule is CCC1(CC)CCN(C(C)CCNC(C)(C)C)CC1. The van der Waals surface area contributed by atoms with E-state index in [1.807, 2.05) is 0 Å². The van der Waals surface area contributed by atoms with Crippen LogP contribution < -0.4 is 5.32 Å². The quantitative estimate of drug-likeness (QED) is 0.781. The van der Waals surface area contributed by atoms with Gasteiger partial charge in [0, 0.05) is 11.6 Å². The van der Waals surface area contributed by atoms with E-state index in [0.29, 0.717) is 5.41 Å². The molecule has 0 aliphatic carbocycles. The molecular weight excluding hydrogens is 232 g/mol. The Morgan fingerprint density at radius 1 is 1.11 bits per heavy atom. The van der Waals surface area contributed by atoms with Gasteiger partial charge in [-0.15, -0.1) is 0 Å². The highest BCUT2D eigenvalue weighted by molar-refractivity contribution is 4.86. The highest BCUT2D eigenvalue weighted by atomic mass is 15.2. The minimum absolute atomic E-state index is 0.251. The number of nitrogens with zero attached hydrogens (tertiary/aromatic N) is 1. The predicted octanol–water partition coefficient (Wildman–Crippen LogP) is 4.06. The summed E-state index contributed by atoms with van der Waals surface area (Å²) in [6.45, 7) is 17.6. The summed E-state index contributed by atoms with van der Waals surface area (Å²) in [4.78, 5) is 2.70. The van der Waals surface area contributed by atoms with Crippen LogP contribution in [0, 0.1) is 5.41 Å². The van der Waals surface area contributed by atoms with Crippen molar-refractivity contribution in [2.45, 2.75) is 85.2 Å². The molecule has 1 atom stereocenters. The Hall–Kier alpha value is -0.0800. The number of likely N-dealkylation sites (tertiary alicyclic amines) is 1. The van der Waals surface area contributed by atoms with Crippen molar-refractivity contribution in [3.05, 3.63) is 0 Å². The van der Waals surface area contributed by atoms with Crippen molar-refractivity contribution in [2.75, 3.05) is 19.6 Å². The smallest absolute Gasteiger partial charge is 0.00965 e. The molecule has 0 radical (unpaired) electrons. The van der Waals surface area contributed by atoms with Crippen molar-refractivity contribution < 1.29 is 0 Å². The van der Waals surface area contributed by atoms with Gasteiger partial charge in [0.15, 0.2) is 0 Å². The van der Waals surface area contributed by atoms with Crippen molar-refractivity contribution in [1.82, 2.24) is 10.2 Å². The lowest BCUT2D eigenvalue weighted by molar-refractivity contribution is 0.0681. The molecule has 1 aliphatic heterocycles. The Morgan fingerprint density at radius 3 is 2.05 bits per heavy atom. The van der Waals surface area contributed by atoms with Gasteiger partial charge in [-0.2, -0.15) is 0 Å². The Bertz CT molecular complexity index is 240. The van der Waals surface area contributed by atoms with Gasteiger partial charge in [0.1, 0.15) is 0 Å². The molecule has 2 nitrogen and oxygen atoms in total. The highest BCUT2D eigenvalue weighted by Gasteiger charge is 2.32. The van der Waals surface area contributed by atoms with Gasteiger partial charge in [0.25, 0.3) is 0 Å². The van der Waals surface area contributed by atoms with E-state index in [0.717, 1.165) is 12.6 Å². The maximum Gasteiger partial charge on any atom is 0.00965 e. The molecule has 0 bridgehead atoms. The van der Waals surface area contributed by atoms with Crippen LogP contribution in [0.5, 0.6) is 0 Å². The molecule has 1 unspecified atom stereocenters. The van der Waals surface area contributed by atoms with Crippen molar-refractivity contribution in [3.63, 3.8) is 0 Å². The van der Waals surface area contributed by atoms with Gasteiger partial charge in [0.2, 0.25) is 0 Å². The fourth-order valence-electron chi connectivity index (χ4n) is 3.23. The first kappa shape index (κ1) is 17.0. The van der Waals surface area contributed by atoms with Gasteiger partial charge in [-0.05, 0) is 72.0 Å². The van der Waals surface area contributed by atoms with Crippen LogP contribution in [0.1, 0.15) is 73.6 Å². The first-order valence-electron chi connectivity index (χ1n) is 8.31. The van der Waals surface area contributed by atoms with E-state index in [-0.39, 0.29) is 5.54 Å². The molecule has 1 aliphatic rings. The van der Waals surface area contributed by atoms with Crippen LogP contribution >= 0.6 is 0 Å². The zero-order valence-electron chi connectivity index (χ0n) is 14.2. The number of piperidine rings is 1. The molecule has 19 heavy (non-hydrogen) atoms. The number of hydrogen-bond acceptors (Lipinski definition) is 2. The van der Waals surface area contributed by atoms with Crippen LogP contribution in [0.4, 0.5) is 0 Å². The van der Waals surface area contributed by atoms with Crippen molar-refractivity contribution in [2.24, 2.45) is 5.41 Å². The zero-order chi connectivity index (χ0) is 14.5. The van der Waals surface area contributed by atoms with E-state index in [9.17, 15) is 0 Å². The van der Waals surface area contributed by atoms with E-state index >= 15 is 0 Å². The predicted molar refractivity (Wildman–Crippen MR) is 85.7 cm³/mol. The normalized spacial score (nSPS) is 22.4. The van der Waals surface area contributed by atoms with Crippen LogP contribution in [0.3, 0.4) is 0 Å². The molecular formula is C17H36N2. The molecule has 1 fully saturated rings. The van der Waals surface area contributed by atoms with Crippen LogP contribution in [-0.2, 0) is 0 Å². The van der Waals surface area contributed by atoms with Gasteiger partial charge in [-0.3, -0.25) is 0 Å². The average Bonchev–Trinajstić information content (AvgIpc) is 2.37. The molecule has 1 heterocycles. The standard InChI is InChI=1S/C17H36N2/c1-7-17(8-2)10-13-19(14-11-17)15(3)9-12-18-16(4,5)6/h15,18H,7-14H2,1-6H3. The molecule has 1 N–H and O–H groups in total. The van der Waals surface area contributed by atoms with Crippen molar-refractivity contribution in [1.29, 1.82) is 0 Å². The number of rotatable bonds is 6. The van der Waals surface area contributed by atoms with E-state index < -0.39 is 0 Å². The summed E-state index contributed by atoms with van der Waals surface area (Å²) in [6, 6.07) is 0.724. The summed E-state index contributed by atoms with van der Waals surface area (Å²) in [5.41, 5.74) is 0.904. The largest absolute Gasteiger partial charge is 0.312 e. The highest BCUT2D eigenvalue weighted by Crippen LogP contribution is 2.38. The van der Waals surface area contributed by atoms with Crippen molar-refractivity contribution >= 4 is 0 Å². The maximum atomic E-state index is 3.60. The Morgan fingerprint density at radius 2 is 1.63 bits per heavy atom. The summed E-state index contributed by atoms with van der Waals surface area (Å²) in [6.07, 6.45) is 6.78. The van der Waals surface area contributed by atoms with E-state index in [1.165, 1.54) is 45.2 Å². The van der Waals surface area contributed by atoms with E-state index in [4.69, 9.17) is 0 Å². The van der Waals surface area contributed by atoms with Gasteiger partial charge in [-0.25, -0.2) is 0 Å². The van der Waals surface area contributed by atoms with Gasteiger partial charge < -0.3 is 10.2 Å². The number of nitrogens with one attached hydrogen (secondary N) is 1. The second-order valence-corrected chi connectivity index (χ2v) is 7.56. The fraction of sp³-hybridized carbons (Fsp3) is 1.00. The summed E-state index contributed by atoms with van der Waals surface area (Å²) in [5.74, 6) is 0. The van der Waals surface area contributed by atoms with Gasteiger partial charge in [-0.1, -0.05) is 26.7 Å². The van der Waals surface area contributed by atoms with E-state index in [1.54, 1.807) is 0 Å². The Labute approximate surface area is 121 Å². The molecule has 0 amide bonds. The second-order valence-electron chi connectivity index (χ2n) is 7.56. The van der Waals surface area contributed by atoms with Crippen LogP contribution in [0.15, 0.2) is 0 Å². The molecule has 0 saturated carbocycles. The first-order chi connectivity index (χ1) is 8.82. The second kappa shape index (κ2) is 7.08. The Balaban J connectivity index is 2.31. The average molecular weight is 268 g/mol. The van der Waals surface area contributed by atoms with Crippen LogP contribution in [0.2, 0.25) is 0 Å². The van der Waals surface area contributed by atoms with Crippen LogP contribution in [-0.4, -0.2) is 36.1 Å². The number of hydrogen-bond donors (Lipinski definition) is 1. The third kappa shape index (κ3) is 5.43. The molecule has 0 aromatic rings. The topological polar surface area (TPSA) is 15.3 Å². The first-order valence-corrected chi connectivity index (χ1v) is 8.31. The zero-order valence-corrected chi connectivity index (χ0v) is 14.2. The molecule has 1 rings (SSSR count). The summed E-state index contributed by atoms with van der Waals surface area (Å²) in [5, 5.41) is 3.60. The third-order valence-electron chi connectivity index (χ3n) is 5.20. The lowest BCUT2D eigenvalue weighted by Crippen LogP contribution is -2.45. The molecule has 0 spiro atoms. The summed E-state index contributed by atoms with van der Waals surface area (Å²) < 4.78 is 0. The summed E-state index contributed by atoms with van der Waals surface area (Å²) >= 11 is 0. The fourth-order valence-corrected chi connectivity index (χ4v) is 3.23. The maximum absolute atomic E-state index is 3.60. The molecule has 0 aromatic carbocycles. The molecule has 2 heteroatoms. The molecule has 114 valence electrons. The lowest BCUT2D eigenvalue weighted by atomic mass is 9.74. The third-order valence-corrected chi connectivity index (χ3v) is 5.20. The molecule has 0 aromatic heterocycles. The van der Waals surface area contributed by atoms with Crippen LogP contribution in [0.25, 0.3) is 0 Å². The molecule has 1 saturated heterocycles.